The number of hydrogen-bond donors (Lipinski definition) is 6. The van der Waals surface area contributed by atoms with Crippen molar-refractivity contribution in [2.45, 2.75) is 111 Å². The minimum atomic E-state index is -0.959. The maximum absolute atomic E-state index is 13.9. The zero-order valence-electron chi connectivity index (χ0n) is 38.6. The number of halogens is 1. The van der Waals surface area contributed by atoms with Gasteiger partial charge in [0.05, 0.1) is 16.7 Å². The second-order valence-electron chi connectivity index (χ2n) is 19.3. The van der Waals surface area contributed by atoms with Crippen molar-refractivity contribution < 1.29 is 33.8 Å². The number of nitrogens with one attached hydrogen (secondary N) is 5. The van der Waals surface area contributed by atoms with Crippen LogP contribution in [0.1, 0.15) is 95.6 Å². The largest absolute Gasteiger partial charge is 0.489 e. The van der Waals surface area contributed by atoms with Crippen LogP contribution in [0.5, 0.6) is 5.75 Å². The SMILES string of the molecule is CC(C)(C)[C@H](NC(=O)COCCCCCNc1ccc(C(=O)N[C@H]2C(C)(C)[C@H](Oc3ccc(C#N)c(Cl)c3)C2(C)C)cc1)C(=O)N1C[C@H](O)C[C@H]1C(=O)NCc1ccc(-c2nnn[nH]2)cc1. The summed E-state index contributed by atoms with van der Waals surface area (Å²) in [5.74, 6) is -0.359. The van der Waals surface area contributed by atoms with E-state index < -0.39 is 41.3 Å². The van der Waals surface area contributed by atoms with Gasteiger partial charge in [-0.3, -0.25) is 19.2 Å². The van der Waals surface area contributed by atoms with Gasteiger partial charge in [0, 0.05) is 72.4 Å². The number of aliphatic hydroxyl groups excluding tert-OH is 1. The van der Waals surface area contributed by atoms with Gasteiger partial charge < -0.3 is 40.7 Å². The number of aromatic amines is 1. The highest BCUT2D eigenvalue weighted by atomic mass is 35.5. The molecule has 1 aromatic heterocycles. The molecular formula is C48H61ClN10O7. The van der Waals surface area contributed by atoms with Crippen LogP contribution >= 0.6 is 11.6 Å². The van der Waals surface area contributed by atoms with Crippen molar-refractivity contribution in [1.82, 2.24) is 41.5 Å². The van der Waals surface area contributed by atoms with E-state index >= 15 is 0 Å². The van der Waals surface area contributed by atoms with Crippen LogP contribution in [0, 0.1) is 27.6 Å². The smallest absolute Gasteiger partial charge is 0.251 e. The van der Waals surface area contributed by atoms with E-state index in [1.54, 1.807) is 30.3 Å². The topological polar surface area (TPSA) is 237 Å². The molecule has 2 aliphatic rings. The molecular weight excluding hydrogens is 864 g/mol. The van der Waals surface area contributed by atoms with E-state index in [0.29, 0.717) is 40.9 Å². The molecule has 6 N–H and O–H groups in total. The first-order valence-corrected chi connectivity index (χ1v) is 22.6. The maximum atomic E-state index is 13.9. The Bertz CT molecular complexity index is 2350. The lowest BCUT2D eigenvalue weighted by Crippen LogP contribution is -2.74. The lowest BCUT2D eigenvalue weighted by Gasteiger charge is -2.63. The van der Waals surface area contributed by atoms with Crippen LogP contribution in [0.15, 0.2) is 66.7 Å². The predicted octanol–water partition coefficient (Wildman–Crippen LogP) is 5.41. The van der Waals surface area contributed by atoms with Gasteiger partial charge in [0.1, 0.15) is 36.6 Å². The van der Waals surface area contributed by atoms with Gasteiger partial charge in [-0.05, 0) is 77.1 Å². The number of rotatable bonds is 19. The number of H-pyrrole nitrogens is 1. The van der Waals surface area contributed by atoms with Crippen LogP contribution in [0.4, 0.5) is 5.69 Å². The third-order valence-corrected chi connectivity index (χ3v) is 12.7. The number of nitriles is 1. The van der Waals surface area contributed by atoms with Crippen molar-refractivity contribution in [3.05, 3.63) is 88.4 Å². The van der Waals surface area contributed by atoms with Crippen molar-refractivity contribution in [3.8, 4) is 23.2 Å². The van der Waals surface area contributed by atoms with Crippen molar-refractivity contribution in [3.63, 3.8) is 0 Å². The Balaban J connectivity index is 0.875. The maximum Gasteiger partial charge on any atom is 0.251 e. The van der Waals surface area contributed by atoms with E-state index in [0.717, 1.165) is 36.1 Å². The molecule has 2 fully saturated rings. The summed E-state index contributed by atoms with van der Waals surface area (Å²) in [5, 5.41) is 46.1. The van der Waals surface area contributed by atoms with Crippen molar-refractivity contribution in [2.24, 2.45) is 16.2 Å². The Labute approximate surface area is 390 Å². The van der Waals surface area contributed by atoms with Gasteiger partial charge in [0.2, 0.25) is 17.7 Å². The normalized spacial score (nSPS) is 20.0. The van der Waals surface area contributed by atoms with Gasteiger partial charge in [-0.1, -0.05) is 84.3 Å². The van der Waals surface area contributed by atoms with E-state index in [9.17, 15) is 29.5 Å². The van der Waals surface area contributed by atoms with Crippen LogP contribution < -0.4 is 26.0 Å². The fraction of sp³-hybridized carbons (Fsp3) is 0.500. The molecule has 4 amide bonds. The molecule has 0 bridgehead atoms. The van der Waals surface area contributed by atoms with E-state index in [2.05, 4.69) is 75.7 Å². The molecule has 1 aliphatic heterocycles. The summed E-state index contributed by atoms with van der Waals surface area (Å²) >= 11 is 6.23. The third-order valence-electron chi connectivity index (χ3n) is 12.4. The quantitative estimate of drug-likeness (QED) is 0.0648. The molecule has 1 saturated heterocycles. The van der Waals surface area contributed by atoms with E-state index in [1.807, 2.05) is 57.2 Å². The summed E-state index contributed by atoms with van der Waals surface area (Å²) in [4.78, 5) is 55.1. The summed E-state index contributed by atoms with van der Waals surface area (Å²) in [5.41, 5.74) is 1.98. The van der Waals surface area contributed by atoms with Crippen LogP contribution in [0.3, 0.4) is 0 Å². The van der Waals surface area contributed by atoms with Gasteiger partial charge in [-0.15, -0.1) is 5.10 Å². The fourth-order valence-electron chi connectivity index (χ4n) is 9.15. The molecule has 66 heavy (non-hydrogen) atoms. The first-order valence-electron chi connectivity index (χ1n) is 22.3. The summed E-state index contributed by atoms with van der Waals surface area (Å²) in [6.07, 6.45) is 1.42. The van der Waals surface area contributed by atoms with E-state index in [1.165, 1.54) is 4.90 Å². The Kier molecular flexibility index (Phi) is 15.7. The number of anilines is 1. The molecule has 3 atom stereocenters. The molecule has 1 aliphatic carbocycles. The Morgan fingerprint density at radius 2 is 1.71 bits per heavy atom. The first-order chi connectivity index (χ1) is 31.3. The highest BCUT2D eigenvalue weighted by molar-refractivity contribution is 6.31. The number of nitrogens with zero attached hydrogens (tertiary/aromatic N) is 5. The summed E-state index contributed by atoms with van der Waals surface area (Å²) < 4.78 is 12.0. The van der Waals surface area contributed by atoms with E-state index in [-0.39, 0.29) is 55.0 Å². The standard InChI is InChI=1S/C48H61ClN10O7/c1-46(2,3)39(43(64)59-27-34(60)23-37(59)42(63)52-26-29-11-13-30(14-12-29)40-55-57-58-56-40)53-38(61)28-65-22-10-8-9-21-51-33-18-15-31(16-19-33)41(62)54-44-47(4,5)45(48(44,6)7)66-35-20-17-32(25-50)36(49)24-35/h11-20,24,34,37,39,44-45,51,60H,8-10,21-23,26-28H2,1-7H3,(H,52,63)(H,53,61)(H,54,62)(H,55,56,57,58)/t34-,37+,39-,44-,45-/m1/s1. The number of aliphatic hydroxyl groups is 1. The second-order valence-corrected chi connectivity index (χ2v) is 19.8. The minimum Gasteiger partial charge on any atom is -0.489 e. The number of carbonyl (C=O) groups is 4. The number of amides is 4. The molecule has 0 unspecified atom stereocenters. The van der Waals surface area contributed by atoms with Crippen molar-refractivity contribution in [2.75, 3.05) is 31.6 Å². The monoisotopic (exact) mass is 924 g/mol. The van der Waals surface area contributed by atoms with Crippen molar-refractivity contribution in [1.29, 1.82) is 5.26 Å². The Hall–Kier alpha value is -6.09. The summed E-state index contributed by atoms with van der Waals surface area (Å²) in [7, 11) is 0. The number of hydrogen-bond acceptors (Lipinski definition) is 12. The number of tetrazole rings is 1. The molecule has 4 aromatic rings. The molecule has 6 rings (SSSR count). The van der Waals surface area contributed by atoms with Gasteiger partial charge in [0.15, 0.2) is 5.82 Å². The van der Waals surface area contributed by atoms with Crippen LogP contribution in [-0.4, -0.2) is 111 Å². The average molecular weight is 926 g/mol. The zero-order valence-corrected chi connectivity index (χ0v) is 39.4. The highest BCUT2D eigenvalue weighted by Gasteiger charge is 2.64. The number of β-amino-alcohol motifs (C(OH)–C–C–N with tert-alkyl or cyclic N) is 1. The average Bonchev–Trinajstić information content (AvgIpc) is 3.97. The third kappa shape index (κ3) is 11.8. The Morgan fingerprint density at radius 1 is 1.00 bits per heavy atom. The van der Waals surface area contributed by atoms with E-state index in [4.69, 9.17) is 21.1 Å². The summed E-state index contributed by atoms with van der Waals surface area (Å²) in [6.45, 7) is 14.8. The summed E-state index contributed by atoms with van der Waals surface area (Å²) in [6, 6.07) is 19.8. The van der Waals surface area contributed by atoms with Gasteiger partial charge in [0.25, 0.3) is 5.91 Å². The molecule has 1 saturated carbocycles. The Morgan fingerprint density at radius 3 is 2.35 bits per heavy atom. The molecule has 2 heterocycles. The second kappa shape index (κ2) is 21.0. The van der Waals surface area contributed by atoms with Crippen molar-refractivity contribution >= 4 is 40.9 Å². The lowest BCUT2D eigenvalue weighted by molar-refractivity contribution is -0.164. The number of aromatic nitrogens is 4. The fourth-order valence-corrected chi connectivity index (χ4v) is 9.36. The first kappa shape index (κ1) is 49.3. The minimum absolute atomic E-state index is 0.0248. The number of unbranched alkanes of at least 4 members (excludes halogenated alkanes) is 2. The number of ether oxygens (including phenoxy) is 2. The molecule has 0 spiro atoms. The van der Waals surface area contributed by atoms with Crippen LogP contribution in [-0.2, 0) is 25.7 Å². The highest BCUT2D eigenvalue weighted by Crippen LogP contribution is 2.55. The number of likely N-dealkylation sites (tertiary alicyclic amines) is 1. The van der Waals surface area contributed by atoms with Gasteiger partial charge in [-0.25, -0.2) is 5.10 Å². The number of benzene rings is 3. The van der Waals surface area contributed by atoms with Gasteiger partial charge >= 0.3 is 0 Å². The molecule has 0 radical (unpaired) electrons. The molecule has 352 valence electrons. The molecule has 18 heteroatoms. The zero-order chi connectivity index (χ0) is 47.8. The van der Waals surface area contributed by atoms with Crippen LogP contribution in [0.2, 0.25) is 5.02 Å². The molecule has 17 nitrogen and oxygen atoms in total. The number of carbonyl (C=O) groups excluding carboxylic acids is 4. The van der Waals surface area contributed by atoms with Crippen LogP contribution in [0.25, 0.3) is 11.4 Å². The predicted molar refractivity (Wildman–Crippen MR) is 248 cm³/mol. The van der Waals surface area contributed by atoms with Gasteiger partial charge in [-0.2, -0.15) is 5.26 Å². The lowest BCUT2D eigenvalue weighted by atomic mass is 9.49. The molecule has 3 aromatic carbocycles.